The van der Waals surface area contributed by atoms with E-state index in [2.05, 4.69) is 4.98 Å². The van der Waals surface area contributed by atoms with E-state index >= 15 is 0 Å². The van der Waals surface area contributed by atoms with Crippen LogP contribution in [0.15, 0.2) is 18.3 Å². The molecule has 0 fully saturated rings. The SMILES string of the molecule is Cc1cnc(Cl)c2c1C(=O)C=CC2=O. The Morgan fingerprint density at radius 2 is 1.71 bits per heavy atom. The van der Waals surface area contributed by atoms with Crippen LogP contribution < -0.4 is 0 Å². The molecule has 4 heteroatoms. The lowest BCUT2D eigenvalue weighted by Crippen LogP contribution is -2.14. The van der Waals surface area contributed by atoms with E-state index in [9.17, 15) is 9.59 Å². The van der Waals surface area contributed by atoms with Crippen LogP contribution in [-0.2, 0) is 0 Å². The maximum atomic E-state index is 11.5. The van der Waals surface area contributed by atoms with E-state index in [1.807, 2.05) is 0 Å². The average Bonchev–Trinajstić information content (AvgIpc) is 2.16. The van der Waals surface area contributed by atoms with Crippen molar-refractivity contribution in [3.05, 3.63) is 40.2 Å². The minimum atomic E-state index is -0.263. The second-order valence-electron chi connectivity index (χ2n) is 3.04. The van der Waals surface area contributed by atoms with Crippen molar-refractivity contribution in [1.29, 1.82) is 0 Å². The maximum Gasteiger partial charge on any atom is 0.189 e. The van der Waals surface area contributed by atoms with Crippen LogP contribution in [0.1, 0.15) is 26.3 Å². The predicted molar refractivity (Wildman–Crippen MR) is 51.8 cm³/mol. The van der Waals surface area contributed by atoms with Gasteiger partial charge in [-0.25, -0.2) is 4.98 Å². The molecule has 0 N–H and O–H groups in total. The zero-order valence-corrected chi connectivity index (χ0v) is 8.13. The molecule has 1 aromatic heterocycles. The molecule has 1 aliphatic carbocycles. The first-order chi connectivity index (χ1) is 6.61. The molecule has 1 heterocycles. The van der Waals surface area contributed by atoms with E-state index in [1.165, 1.54) is 18.3 Å². The number of halogens is 1. The molecule has 1 aliphatic rings. The third-order valence-corrected chi connectivity index (χ3v) is 2.39. The van der Waals surface area contributed by atoms with Crippen LogP contribution in [0.5, 0.6) is 0 Å². The Kier molecular flexibility index (Phi) is 1.97. The van der Waals surface area contributed by atoms with Gasteiger partial charge in [0.05, 0.1) is 5.56 Å². The first kappa shape index (κ1) is 9.09. The van der Waals surface area contributed by atoms with E-state index < -0.39 is 0 Å². The van der Waals surface area contributed by atoms with Gasteiger partial charge in [-0.15, -0.1) is 0 Å². The van der Waals surface area contributed by atoms with Crippen LogP contribution in [0.25, 0.3) is 0 Å². The average molecular weight is 208 g/mol. The number of carbonyl (C=O) groups is 2. The van der Waals surface area contributed by atoms with Crippen LogP contribution in [-0.4, -0.2) is 16.6 Å². The zero-order chi connectivity index (χ0) is 10.3. The van der Waals surface area contributed by atoms with Gasteiger partial charge in [0.2, 0.25) is 0 Å². The van der Waals surface area contributed by atoms with Gasteiger partial charge in [-0.3, -0.25) is 9.59 Å². The van der Waals surface area contributed by atoms with E-state index in [-0.39, 0.29) is 22.3 Å². The van der Waals surface area contributed by atoms with Crippen molar-refractivity contribution in [2.24, 2.45) is 0 Å². The molecule has 0 spiro atoms. The Labute approximate surface area is 85.4 Å². The first-order valence-electron chi connectivity index (χ1n) is 4.03. The van der Waals surface area contributed by atoms with Crippen molar-refractivity contribution in [3.63, 3.8) is 0 Å². The van der Waals surface area contributed by atoms with E-state index in [1.54, 1.807) is 6.92 Å². The number of nitrogens with zero attached hydrogens (tertiary/aromatic N) is 1. The van der Waals surface area contributed by atoms with Gasteiger partial charge in [0, 0.05) is 11.8 Å². The molecular weight excluding hydrogens is 202 g/mol. The summed E-state index contributed by atoms with van der Waals surface area (Å²) in [6, 6.07) is 0. The summed E-state index contributed by atoms with van der Waals surface area (Å²) in [5.74, 6) is -0.456. The molecular formula is C10H6ClNO2. The molecule has 0 saturated carbocycles. The van der Waals surface area contributed by atoms with E-state index in [4.69, 9.17) is 11.6 Å². The Morgan fingerprint density at radius 3 is 2.29 bits per heavy atom. The maximum absolute atomic E-state index is 11.5. The van der Waals surface area contributed by atoms with Crippen molar-refractivity contribution in [2.75, 3.05) is 0 Å². The van der Waals surface area contributed by atoms with Crippen molar-refractivity contribution in [3.8, 4) is 0 Å². The van der Waals surface area contributed by atoms with Crippen molar-refractivity contribution < 1.29 is 9.59 Å². The Bertz CT molecular complexity index is 434. The number of allylic oxidation sites excluding steroid dienone is 2. The second-order valence-corrected chi connectivity index (χ2v) is 3.40. The molecule has 0 aromatic carbocycles. The van der Waals surface area contributed by atoms with Crippen LogP contribution in [0.2, 0.25) is 5.15 Å². The molecule has 0 amide bonds. The van der Waals surface area contributed by atoms with Crippen molar-refractivity contribution in [2.45, 2.75) is 6.92 Å². The summed E-state index contributed by atoms with van der Waals surface area (Å²) in [7, 11) is 0. The molecule has 0 bridgehead atoms. The van der Waals surface area contributed by atoms with Gasteiger partial charge >= 0.3 is 0 Å². The summed E-state index contributed by atoms with van der Waals surface area (Å²) in [6.07, 6.45) is 3.97. The highest BCUT2D eigenvalue weighted by Gasteiger charge is 2.24. The van der Waals surface area contributed by atoms with Gasteiger partial charge in [0.15, 0.2) is 11.6 Å². The molecule has 70 valence electrons. The Hall–Kier alpha value is -1.48. The lowest BCUT2D eigenvalue weighted by atomic mass is 9.93. The number of aromatic nitrogens is 1. The summed E-state index contributed by atoms with van der Waals surface area (Å²) in [5, 5.41) is 0.0910. The molecule has 0 saturated heterocycles. The quantitative estimate of drug-likeness (QED) is 0.611. The molecule has 0 unspecified atom stereocenters. The van der Waals surface area contributed by atoms with Crippen LogP contribution in [0.3, 0.4) is 0 Å². The monoisotopic (exact) mass is 207 g/mol. The van der Waals surface area contributed by atoms with Crippen LogP contribution >= 0.6 is 11.6 Å². The van der Waals surface area contributed by atoms with Crippen molar-refractivity contribution >= 4 is 23.2 Å². The van der Waals surface area contributed by atoms with Gasteiger partial charge in [-0.2, -0.15) is 0 Å². The Morgan fingerprint density at radius 1 is 1.14 bits per heavy atom. The standard InChI is InChI=1S/C10H6ClNO2/c1-5-4-12-10(11)9-7(14)3-2-6(13)8(5)9/h2-4H,1H3. The largest absolute Gasteiger partial charge is 0.289 e. The smallest absolute Gasteiger partial charge is 0.189 e. The molecule has 14 heavy (non-hydrogen) atoms. The summed E-state index contributed by atoms with van der Waals surface area (Å²) >= 11 is 5.76. The summed E-state index contributed by atoms with van der Waals surface area (Å²) in [4.78, 5) is 26.8. The number of carbonyl (C=O) groups excluding carboxylic acids is 2. The molecule has 2 rings (SSSR count). The summed E-state index contributed by atoms with van der Waals surface area (Å²) in [6.45, 7) is 1.73. The number of hydrogen-bond acceptors (Lipinski definition) is 3. The Balaban J connectivity index is 2.83. The van der Waals surface area contributed by atoms with E-state index in [0.717, 1.165) is 0 Å². The molecule has 0 atom stereocenters. The van der Waals surface area contributed by atoms with Crippen molar-refractivity contribution in [1.82, 2.24) is 4.98 Å². The number of pyridine rings is 1. The number of hydrogen-bond donors (Lipinski definition) is 0. The third kappa shape index (κ3) is 1.17. The minimum Gasteiger partial charge on any atom is -0.289 e. The summed E-state index contributed by atoms with van der Waals surface area (Å²) in [5.41, 5.74) is 1.27. The molecule has 1 aromatic rings. The molecule has 0 aliphatic heterocycles. The fourth-order valence-electron chi connectivity index (χ4n) is 1.44. The molecule has 0 radical (unpaired) electrons. The highest BCUT2D eigenvalue weighted by molar-refractivity contribution is 6.36. The highest BCUT2D eigenvalue weighted by Crippen LogP contribution is 2.25. The lowest BCUT2D eigenvalue weighted by molar-refractivity contribution is 0.0993. The topological polar surface area (TPSA) is 47.0 Å². The summed E-state index contributed by atoms with van der Waals surface area (Å²) < 4.78 is 0. The fraction of sp³-hybridized carbons (Fsp3) is 0.100. The van der Waals surface area contributed by atoms with Gasteiger partial charge in [0.25, 0.3) is 0 Å². The van der Waals surface area contributed by atoms with Gasteiger partial charge in [-0.05, 0) is 24.6 Å². The number of rotatable bonds is 0. The minimum absolute atomic E-state index is 0.0910. The second kappa shape index (κ2) is 3.03. The first-order valence-corrected chi connectivity index (χ1v) is 4.41. The highest BCUT2D eigenvalue weighted by atomic mass is 35.5. The zero-order valence-electron chi connectivity index (χ0n) is 7.37. The number of fused-ring (bicyclic) bond motifs is 1. The normalized spacial score (nSPS) is 14.4. The number of ketones is 2. The number of aryl methyl sites for hydroxylation is 1. The van der Waals surface area contributed by atoms with Gasteiger partial charge < -0.3 is 0 Å². The lowest BCUT2D eigenvalue weighted by Gasteiger charge is -2.11. The van der Waals surface area contributed by atoms with Crippen LogP contribution in [0.4, 0.5) is 0 Å². The van der Waals surface area contributed by atoms with Gasteiger partial charge in [0.1, 0.15) is 5.15 Å². The third-order valence-electron chi connectivity index (χ3n) is 2.10. The molecule has 3 nitrogen and oxygen atoms in total. The predicted octanol–water partition coefficient (Wildman–Crippen LogP) is 1.98. The fourth-order valence-corrected chi connectivity index (χ4v) is 1.68. The van der Waals surface area contributed by atoms with E-state index in [0.29, 0.717) is 11.1 Å². The van der Waals surface area contributed by atoms with Gasteiger partial charge in [-0.1, -0.05) is 11.6 Å². The van der Waals surface area contributed by atoms with Crippen LogP contribution in [0, 0.1) is 6.92 Å².